The number of hydrogen-bond acceptors (Lipinski definition) is 5. The molecule has 1 rings (SSSR count). The Morgan fingerprint density at radius 3 is 2.17 bits per heavy atom. The SMILES string of the molecule is NC(=O)CN(CC(N)=O)c1cccc(C(=O)O)n1. The molecule has 0 aromatic carbocycles. The quantitative estimate of drug-likeness (QED) is 0.566. The number of carbonyl (C=O) groups excluding carboxylic acids is 2. The van der Waals surface area contributed by atoms with Crippen LogP contribution in [0.5, 0.6) is 0 Å². The van der Waals surface area contributed by atoms with E-state index in [0.29, 0.717) is 0 Å². The molecule has 0 atom stereocenters. The number of carboxylic acids is 1. The number of rotatable bonds is 6. The molecule has 0 aliphatic rings. The number of carboxylic acid groups (broad SMARTS) is 1. The van der Waals surface area contributed by atoms with Crippen LogP contribution in [-0.2, 0) is 9.59 Å². The van der Waals surface area contributed by atoms with Crippen molar-refractivity contribution >= 4 is 23.6 Å². The van der Waals surface area contributed by atoms with Crippen molar-refractivity contribution in [2.75, 3.05) is 18.0 Å². The summed E-state index contributed by atoms with van der Waals surface area (Å²) in [5, 5.41) is 8.79. The van der Waals surface area contributed by atoms with E-state index >= 15 is 0 Å². The highest BCUT2D eigenvalue weighted by molar-refractivity contribution is 5.87. The van der Waals surface area contributed by atoms with E-state index in [-0.39, 0.29) is 24.6 Å². The van der Waals surface area contributed by atoms with Crippen LogP contribution in [0.4, 0.5) is 5.82 Å². The number of nitrogens with zero attached hydrogens (tertiary/aromatic N) is 2. The lowest BCUT2D eigenvalue weighted by molar-refractivity contribution is -0.117. The van der Waals surface area contributed by atoms with Crippen molar-refractivity contribution in [3.63, 3.8) is 0 Å². The lowest BCUT2D eigenvalue weighted by atomic mass is 10.3. The Labute approximate surface area is 102 Å². The van der Waals surface area contributed by atoms with E-state index in [9.17, 15) is 14.4 Å². The molecule has 1 aromatic rings. The molecule has 1 heterocycles. The second-order valence-electron chi connectivity index (χ2n) is 3.47. The predicted octanol–water partition coefficient (Wildman–Crippen LogP) is -1.44. The number of aromatic nitrogens is 1. The van der Waals surface area contributed by atoms with E-state index in [1.165, 1.54) is 23.1 Å². The number of anilines is 1. The van der Waals surface area contributed by atoms with Crippen molar-refractivity contribution in [2.45, 2.75) is 0 Å². The molecule has 18 heavy (non-hydrogen) atoms. The predicted molar refractivity (Wildman–Crippen MR) is 61.8 cm³/mol. The highest BCUT2D eigenvalue weighted by atomic mass is 16.4. The van der Waals surface area contributed by atoms with Crippen molar-refractivity contribution in [1.29, 1.82) is 0 Å². The van der Waals surface area contributed by atoms with E-state index < -0.39 is 17.8 Å². The van der Waals surface area contributed by atoms with Gasteiger partial charge in [0.15, 0.2) is 5.69 Å². The van der Waals surface area contributed by atoms with E-state index in [1.54, 1.807) is 0 Å². The molecule has 1 aromatic heterocycles. The first kappa shape index (κ1) is 13.4. The van der Waals surface area contributed by atoms with Gasteiger partial charge in [-0.1, -0.05) is 6.07 Å². The second-order valence-corrected chi connectivity index (χ2v) is 3.47. The molecule has 5 N–H and O–H groups in total. The average molecular weight is 252 g/mol. The fourth-order valence-corrected chi connectivity index (χ4v) is 1.31. The number of carbonyl (C=O) groups is 3. The van der Waals surface area contributed by atoms with Gasteiger partial charge in [-0.15, -0.1) is 0 Å². The highest BCUT2D eigenvalue weighted by Crippen LogP contribution is 2.11. The van der Waals surface area contributed by atoms with E-state index in [4.69, 9.17) is 16.6 Å². The highest BCUT2D eigenvalue weighted by Gasteiger charge is 2.15. The Morgan fingerprint density at radius 2 is 1.72 bits per heavy atom. The molecule has 0 unspecified atom stereocenters. The van der Waals surface area contributed by atoms with Gasteiger partial charge in [0.1, 0.15) is 5.82 Å². The van der Waals surface area contributed by atoms with Crippen molar-refractivity contribution in [3.05, 3.63) is 23.9 Å². The normalized spacial score (nSPS) is 9.78. The molecular formula is C10H12N4O4. The summed E-state index contributed by atoms with van der Waals surface area (Å²) in [6.45, 7) is -0.558. The molecule has 2 amide bonds. The van der Waals surface area contributed by atoms with Crippen LogP contribution in [0.3, 0.4) is 0 Å². The summed E-state index contributed by atoms with van der Waals surface area (Å²) in [4.78, 5) is 37.5. The van der Waals surface area contributed by atoms with Crippen LogP contribution in [0.1, 0.15) is 10.5 Å². The summed E-state index contributed by atoms with van der Waals surface area (Å²) in [6, 6.07) is 4.19. The van der Waals surface area contributed by atoms with Gasteiger partial charge in [-0.05, 0) is 12.1 Å². The monoisotopic (exact) mass is 252 g/mol. The first-order chi connectivity index (χ1) is 8.40. The fourth-order valence-electron chi connectivity index (χ4n) is 1.31. The standard InChI is InChI=1S/C10H12N4O4/c11-7(15)4-14(5-8(12)16)9-3-1-2-6(13-9)10(17)18/h1-3H,4-5H2,(H2,11,15)(H2,12,16)(H,17,18). The molecule has 0 bridgehead atoms. The molecule has 8 nitrogen and oxygen atoms in total. The van der Waals surface area contributed by atoms with Gasteiger partial charge in [-0.2, -0.15) is 0 Å². The largest absolute Gasteiger partial charge is 0.477 e. The summed E-state index contributed by atoms with van der Waals surface area (Å²) in [5.74, 6) is -2.43. The first-order valence-electron chi connectivity index (χ1n) is 4.92. The van der Waals surface area contributed by atoms with Gasteiger partial charge < -0.3 is 21.5 Å². The van der Waals surface area contributed by atoms with E-state index in [0.717, 1.165) is 0 Å². The first-order valence-corrected chi connectivity index (χ1v) is 4.92. The number of primary amides is 2. The summed E-state index contributed by atoms with van der Waals surface area (Å²) >= 11 is 0. The summed E-state index contributed by atoms with van der Waals surface area (Å²) in [5.41, 5.74) is 9.85. The fraction of sp³-hybridized carbons (Fsp3) is 0.200. The Hall–Kier alpha value is -2.64. The van der Waals surface area contributed by atoms with Crippen molar-refractivity contribution < 1.29 is 19.5 Å². The molecule has 0 spiro atoms. The summed E-state index contributed by atoms with van der Waals surface area (Å²) in [7, 11) is 0. The maximum atomic E-state index is 10.9. The van der Waals surface area contributed by atoms with Crippen LogP contribution in [0.2, 0.25) is 0 Å². The minimum absolute atomic E-state index is 0.146. The lowest BCUT2D eigenvalue weighted by Gasteiger charge is -2.20. The Bertz CT molecular complexity index is 473. The van der Waals surface area contributed by atoms with Gasteiger partial charge in [0.05, 0.1) is 13.1 Å². The van der Waals surface area contributed by atoms with E-state index in [1.807, 2.05) is 0 Å². The van der Waals surface area contributed by atoms with Crippen LogP contribution in [0.15, 0.2) is 18.2 Å². The van der Waals surface area contributed by atoms with Crippen molar-refractivity contribution in [1.82, 2.24) is 4.98 Å². The van der Waals surface area contributed by atoms with Crippen LogP contribution < -0.4 is 16.4 Å². The lowest BCUT2D eigenvalue weighted by Crippen LogP contribution is -2.40. The third-order valence-corrected chi connectivity index (χ3v) is 1.97. The molecule has 0 saturated carbocycles. The molecule has 0 radical (unpaired) electrons. The maximum absolute atomic E-state index is 10.9. The van der Waals surface area contributed by atoms with Gasteiger partial charge in [-0.3, -0.25) is 9.59 Å². The average Bonchev–Trinajstić information content (AvgIpc) is 2.27. The third-order valence-electron chi connectivity index (χ3n) is 1.97. The maximum Gasteiger partial charge on any atom is 0.354 e. The van der Waals surface area contributed by atoms with Gasteiger partial charge in [-0.25, -0.2) is 9.78 Å². The Balaban J connectivity index is 3.03. The summed E-state index contributed by atoms with van der Waals surface area (Å²) < 4.78 is 0. The number of pyridine rings is 1. The summed E-state index contributed by atoms with van der Waals surface area (Å²) in [6.07, 6.45) is 0. The van der Waals surface area contributed by atoms with E-state index in [2.05, 4.69) is 4.98 Å². The van der Waals surface area contributed by atoms with Gasteiger partial charge >= 0.3 is 5.97 Å². The van der Waals surface area contributed by atoms with Crippen molar-refractivity contribution in [2.24, 2.45) is 11.5 Å². The Kier molecular flexibility index (Phi) is 4.19. The van der Waals surface area contributed by atoms with Crippen molar-refractivity contribution in [3.8, 4) is 0 Å². The molecule has 0 fully saturated rings. The smallest absolute Gasteiger partial charge is 0.354 e. The third kappa shape index (κ3) is 3.74. The minimum atomic E-state index is -1.21. The second kappa shape index (κ2) is 5.62. The molecular weight excluding hydrogens is 240 g/mol. The zero-order valence-electron chi connectivity index (χ0n) is 9.37. The van der Waals surface area contributed by atoms with Gasteiger partial charge in [0, 0.05) is 0 Å². The topological polar surface area (TPSA) is 140 Å². The van der Waals surface area contributed by atoms with Crippen LogP contribution in [0, 0.1) is 0 Å². The van der Waals surface area contributed by atoms with Crippen LogP contribution >= 0.6 is 0 Å². The van der Waals surface area contributed by atoms with Gasteiger partial charge in [0.25, 0.3) is 0 Å². The number of amides is 2. The minimum Gasteiger partial charge on any atom is -0.477 e. The Morgan fingerprint density at radius 1 is 1.17 bits per heavy atom. The molecule has 96 valence electrons. The number of hydrogen-bond donors (Lipinski definition) is 3. The van der Waals surface area contributed by atoms with Crippen LogP contribution in [0.25, 0.3) is 0 Å². The van der Waals surface area contributed by atoms with Crippen LogP contribution in [-0.4, -0.2) is 41.0 Å². The number of aromatic carboxylic acids is 1. The molecule has 0 aliphatic carbocycles. The molecule has 0 aliphatic heterocycles. The van der Waals surface area contributed by atoms with Gasteiger partial charge in [0.2, 0.25) is 11.8 Å². The number of nitrogens with two attached hydrogens (primary N) is 2. The molecule has 0 saturated heterocycles. The molecule has 8 heteroatoms. The zero-order valence-corrected chi connectivity index (χ0v) is 9.37. The zero-order chi connectivity index (χ0) is 13.7.